The van der Waals surface area contributed by atoms with Gasteiger partial charge in [0.25, 0.3) is 0 Å². The number of aliphatic hydroxyl groups is 1. The number of ether oxygens (including phenoxy) is 1. The molecule has 0 aromatic carbocycles. The number of hydrogen-bond acceptors (Lipinski definition) is 3. The highest BCUT2D eigenvalue weighted by atomic mass is 127. The number of methoxy groups -OCH3 is 1. The van der Waals surface area contributed by atoms with Crippen LogP contribution >= 0.6 is 24.0 Å². The fraction of sp³-hybridized carbons (Fsp3) is 0.900. The molecule has 0 aromatic rings. The Bertz CT molecular complexity index is 214. The Morgan fingerprint density at radius 1 is 1.56 bits per heavy atom. The summed E-state index contributed by atoms with van der Waals surface area (Å²) in [4.78, 5) is 4.20. The predicted molar refractivity (Wildman–Crippen MR) is 75.1 cm³/mol. The van der Waals surface area contributed by atoms with E-state index in [4.69, 9.17) is 10.5 Å². The standard InChI is InChI=1S/C10H21N3O2.HI/c1-15-6-5-12-10(11)13-7-8-3-2-4-9(8)14;/h8-9,14H,2-7H2,1H3,(H3,11,12,13);1H. The van der Waals surface area contributed by atoms with Crippen LogP contribution in [0.4, 0.5) is 0 Å². The van der Waals surface area contributed by atoms with E-state index < -0.39 is 0 Å². The molecule has 1 aliphatic carbocycles. The summed E-state index contributed by atoms with van der Waals surface area (Å²) in [6, 6.07) is 0. The molecule has 0 aromatic heterocycles. The lowest BCUT2D eigenvalue weighted by Gasteiger charge is -2.12. The van der Waals surface area contributed by atoms with Crippen molar-refractivity contribution < 1.29 is 9.84 Å². The van der Waals surface area contributed by atoms with E-state index >= 15 is 0 Å². The molecule has 96 valence electrons. The molecule has 0 heterocycles. The molecule has 1 fully saturated rings. The molecule has 0 saturated heterocycles. The second-order valence-corrected chi connectivity index (χ2v) is 3.90. The number of guanidine groups is 1. The minimum Gasteiger partial charge on any atom is -0.393 e. The summed E-state index contributed by atoms with van der Waals surface area (Å²) in [5.41, 5.74) is 5.64. The molecule has 6 heteroatoms. The zero-order chi connectivity index (χ0) is 11.1. The maximum Gasteiger partial charge on any atom is 0.188 e. The van der Waals surface area contributed by atoms with Crippen molar-refractivity contribution in [2.75, 3.05) is 26.8 Å². The Balaban J connectivity index is 0.00000225. The summed E-state index contributed by atoms with van der Waals surface area (Å²) in [6.07, 6.45) is 2.85. The summed E-state index contributed by atoms with van der Waals surface area (Å²) in [5, 5.41) is 12.5. The van der Waals surface area contributed by atoms with Crippen LogP contribution in [0, 0.1) is 5.92 Å². The van der Waals surface area contributed by atoms with E-state index in [1.54, 1.807) is 7.11 Å². The maximum atomic E-state index is 9.57. The van der Waals surface area contributed by atoms with Gasteiger partial charge in [0.2, 0.25) is 0 Å². The van der Waals surface area contributed by atoms with Crippen LogP contribution in [0.1, 0.15) is 19.3 Å². The highest BCUT2D eigenvalue weighted by molar-refractivity contribution is 14.0. The highest BCUT2D eigenvalue weighted by Gasteiger charge is 2.24. The van der Waals surface area contributed by atoms with Gasteiger partial charge in [-0.1, -0.05) is 6.42 Å². The van der Waals surface area contributed by atoms with Gasteiger partial charge in [0.15, 0.2) is 5.96 Å². The van der Waals surface area contributed by atoms with Gasteiger partial charge in [0.1, 0.15) is 0 Å². The predicted octanol–water partition coefficient (Wildman–Crippen LogP) is 0.316. The van der Waals surface area contributed by atoms with E-state index in [0.29, 0.717) is 25.7 Å². The third-order valence-corrected chi connectivity index (χ3v) is 2.73. The first-order valence-electron chi connectivity index (χ1n) is 5.45. The van der Waals surface area contributed by atoms with Crippen LogP contribution in [-0.2, 0) is 4.74 Å². The number of nitrogens with zero attached hydrogens (tertiary/aromatic N) is 1. The maximum absolute atomic E-state index is 9.57. The Labute approximate surface area is 114 Å². The first-order chi connectivity index (χ1) is 7.24. The Hall–Kier alpha value is -0.0800. The molecular weight excluding hydrogens is 321 g/mol. The van der Waals surface area contributed by atoms with Gasteiger partial charge in [0, 0.05) is 26.1 Å². The summed E-state index contributed by atoms with van der Waals surface area (Å²) in [5.74, 6) is 0.721. The summed E-state index contributed by atoms with van der Waals surface area (Å²) in [7, 11) is 1.64. The minimum atomic E-state index is -0.194. The molecule has 1 saturated carbocycles. The van der Waals surface area contributed by atoms with Gasteiger partial charge in [-0.15, -0.1) is 24.0 Å². The Kier molecular flexibility index (Phi) is 8.96. The molecule has 0 bridgehead atoms. The van der Waals surface area contributed by atoms with E-state index in [2.05, 4.69) is 10.3 Å². The van der Waals surface area contributed by atoms with Crippen LogP contribution in [0.3, 0.4) is 0 Å². The van der Waals surface area contributed by atoms with Crippen molar-refractivity contribution in [3.8, 4) is 0 Å². The zero-order valence-corrected chi connectivity index (χ0v) is 12.0. The van der Waals surface area contributed by atoms with E-state index in [1.165, 1.54) is 0 Å². The molecule has 1 aliphatic rings. The zero-order valence-electron chi connectivity index (χ0n) is 9.69. The van der Waals surface area contributed by atoms with E-state index in [-0.39, 0.29) is 36.0 Å². The van der Waals surface area contributed by atoms with Crippen LogP contribution < -0.4 is 11.1 Å². The quantitative estimate of drug-likeness (QED) is 0.291. The molecule has 4 N–H and O–H groups in total. The van der Waals surface area contributed by atoms with Gasteiger partial charge in [0.05, 0.1) is 12.7 Å². The second kappa shape index (κ2) is 9.00. The molecule has 2 atom stereocenters. The average Bonchev–Trinajstić information content (AvgIpc) is 2.61. The van der Waals surface area contributed by atoms with E-state index in [0.717, 1.165) is 19.3 Å². The van der Waals surface area contributed by atoms with E-state index in [1.807, 2.05) is 0 Å². The summed E-state index contributed by atoms with van der Waals surface area (Å²) < 4.78 is 4.87. The van der Waals surface area contributed by atoms with Crippen molar-refractivity contribution in [2.45, 2.75) is 25.4 Å². The van der Waals surface area contributed by atoms with Gasteiger partial charge < -0.3 is 20.9 Å². The Morgan fingerprint density at radius 2 is 2.31 bits per heavy atom. The van der Waals surface area contributed by atoms with Gasteiger partial charge in [-0.25, -0.2) is 0 Å². The molecule has 0 spiro atoms. The average molecular weight is 343 g/mol. The molecule has 5 nitrogen and oxygen atoms in total. The minimum absolute atomic E-state index is 0. The molecule has 2 unspecified atom stereocenters. The number of hydrogen-bond donors (Lipinski definition) is 3. The molecule has 1 rings (SSSR count). The fourth-order valence-electron chi connectivity index (χ4n) is 1.78. The highest BCUT2D eigenvalue weighted by Crippen LogP contribution is 2.25. The van der Waals surface area contributed by atoms with Crippen molar-refractivity contribution in [3.05, 3.63) is 0 Å². The van der Waals surface area contributed by atoms with Crippen molar-refractivity contribution in [3.63, 3.8) is 0 Å². The van der Waals surface area contributed by atoms with Crippen LogP contribution in [0.15, 0.2) is 4.99 Å². The van der Waals surface area contributed by atoms with Gasteiger partial charge in [-0.05, 0) is 12.8 Å². The second-order valence-electron chi connectivity index (χ2n) is 3.90. The molecule has 0 aliphatic heterocycles. The number of aliphatic hydroxyl groups excluding tert-OH is 1. The van der Waals surface area contributed by atoms with Crippen LogP contribution in [0.25, 0.3) is 0 Å². The van der Waals surface area contributed by atoms with Crippen molar-refractivity contribution in [2.24, 2.45) is 16.6 Å². The summed E-state index contributed by atoms with van der Waals surface area (Å²) >= 11 is 0. The lowest BCUT2D eigenvalue weighted by Crippen LogP contribution is -2.34. The lowest BCUT2D eigenvalue weighted by molar-refractivity contribution is 0.136. The van der Waals surface area contributed by atoms with Crippen molar-refractivity contribution in [1.29, 1.82) is 0 Å². The summed E-state index contributed by atoms with van der Waals surface area (Å²) in [6.45, 7) is 1.90. The Morgan fingerprint density at radius 3 is 2.88 bits per heavy atom. The molecular formula is C10H22IN3O2. The van der Waals surface area contributed by atoms with E-state index in [9.17, 15) is 5.11 Å². The number of nitrogens with two attached hydrogens (primary N) is 1. The largest absolute Gasteiger partial charge is 0.393 e. The van der Waals surface area contributed by atoms with Gasteiger partial charge >= 0.3 is 0 Å². The number of halogens is 1. The van der Waals surface area contributed by atoms with Gasteiger partial charge in [-0.3, -0.25) is 4.99 Å². The first-order valence-corrected chi connectivity index (χ1v) is 5.45. The van der Waals surface area contributed by atoms with Gasteiger partial charge in [-0.2, -0.15) is 0 Å². The third-order valence-electron chi connectivity index (χ3n) is 2.73. The molecule has 16 heavy (non-hydrogen) atoms. The smallest absolute Gasteiger partial charge is 0.188 e. The third kappa shape index (κ3) is 5.86. The number of rotatable bonds is 5. The molecule has 0 radical (unpaired) electrons. The van der Waals surface area contributed by atoms with Crippen molar-refractivity contribution in [1.82, 2.24) is 5.32 Å². The van der Waals surface area contributed by atoms with Crippen LogP contribution in [0.2, 0.25) is 0 Å². The van der Waals surface area contributed by atoms with Crippen molar-refractivity contribution >= 4 is 29.9 Å². The number of aliphatic imine (C=N–C) groups is 1. The van der Waals surface area contributed by atoms with Crippen LogP contribution in [0.5, 0.6) is 0 Å². The SMILES string of the molecule is COCCNC(N)=NCC1CCCC1O.I. The molecule has 0 amide bonds. The number of nitrogens with one attached hydrogen (secondary N) is 1. The first kappa shape index (κ1) is 15.9. The normalized spacial score (nSPS) is 25.2. The fourth-order valence-corrected chi connectivity index (χ4v) is 1.78. The lowest BCUT2D eigenvalue weighted by atomic mass is 10.1. The monoisotopic (exact) mass is 343 g/mol. The van der Waals surface area contributed by atoms with Crippen LogP contribution in [-0.4, -0.2) is 44.0 Å². The topological polar surface area (TPSA) is 79.9 Å².